The molecule has 0 aromatic rings. The minimum atomic E-state index is -1.58. The third kappa shape index (κ3) is 10.8. The maximum Gasteiger partial charge on any atom is 0.304 e. The molecule has 122 valence electrons. The van der Waals surface area contributed by atoms with Gasteiger partial charge in [-0.05, 0) is 24.7 Å². The van der Waals surface area contributed by atoms with Crippen LogP contribution in [0.4, 0.5) is 0 Å². The molecular weight excluding hydrogens is 272 g/mol. The van der Waals surface area contributed by atoms with Crippen LogP contribution in [0.3, 0.4) is 0 Å². The highest BCUT2D eigenvalue weighted by Gasteiger charge is 2.12. The van der Waals surface area contributed by atoms with E-state index in [1.165, 1.54) is 25.7 Å². The van der Waals surface area contributed by atoms with Gasteiger partial charge in [0.25, 0.3) is 0 Å². The first-order valence-electron chi connectivity index (χ1n) is 8.36. The number of hydrogen-bond donors (Lipinski definition) is 0. The highest BCUT2D eigenvalue weighted by molar-refractivity contribution is 7.75. The van der Waals surface area contributed by atoms with E-state index in [9.17, 15) is 4.21 Å². The van der Waals surface area contributed by atoms with Crippen molar-refractivity contribution in [1.29, 1.82) is 0 Å². The van der Waals surface area contributed by atoms with E-state index in [1.54, 1.807) is 0 Å². The molecule has 0 N–H and O–H groups in total. The summed E-state index contributed by atoms with van der Waals surface area (Å²) < 4.78 is 22.4. The van der Waals surface area contributed by atoms with E-state index >= 15 is 0 Å². The van der Waals surface area contributed by atoms with Crippen LogP contribution in [0.15, 0.2) is 0 Å². The van der Waals surface area contributed by atoms with Crippen molar-refractivity contribution < 1.29 is 12.6 Å². The Morgan fingerprint density at radius 2 is 1.20 bits per heavy atom. The summed E-state index contributed by atoms with van der Waals surface area (Å²) in [6.07, 6.45) is 9.28. The molecule has 2 atom stereocenters. The smallest absolute Gasteiger partial charge is 0.268 e. The zero-order valence-corrected chi connectivity index (χ0v) is 14.7. The lowest BCUT2D eigenvalue weighted by molar-refractivity contribution is 0.184. The maximum atomic E-state index is 11.7. The first-order valence-corrected chi connectivity index (χ1v) is 9.36. The van der Waals surface area contributed by atoms with Crippen LogP contribution in [0.1, 0.15) is 79.1 Å². The average Bonchev–Trinajstić information content (AvgIpc) is 2.47. The molecule has 20 heavy (non-hydrogen) atoms. The Balaban J connectivity index is 3.80. The minimum Gasteiger partial charge on any atom is -0.268 e. The van der Waals surface area contributed by atoms with Crippen molar-refractivity contribution in [2.24, 2.45) is 11.8 Å². The van der Waals surface area contributed by atoms with E-state index < -0.39 is 11.4 Å². The molecule has 0 rings (SSSR count). The summed E-state index contributed by atoms with van der Waals surface area (Å²) in [5.74, 6) is 1.01. The van der Waals surface area contributed by atoms with Crippen LogP contribution < -0.4 is 0 Å². The van der Waals surface area contributed by atoms with E-state index in [-0.39, 0.29) is 0 Å². The van der Waals surface area contributed by atoms with Gasteiger partial charge in [-0.25, -0.2) is 0 Å². The third-order valence-corrected chi connectivity index (χ3v) is 4.54. The Morgan fingerprint density at radius 3 is 1.50 bits per heavy atom. The van der Waals surface area contributed by atoms with Crippen LogP contribution in [0, 0.1) is 11.8 Å². The Hall–Kier alpha value is 0.0700. The van der Waals surface area contributed by atoms with Crippen molar-refractivity contribution in [2.45, 2.75) is 79.1 Å². The van der Waals surface area contributed by atoms with E-state index in [0.717, 1.165) is 25.7 Å². The molecular formula is C16H34O3S. The molecule has 0 aromatic carbocycles. The van der Waals surface area contributed by atoms with Gasteiger partial charge in [-0.3, -0.25) is 8.37 Å². The highest BCUT2D eigenvalue weighted by Crippen LogP contribution is 2.15. The van der Waals surface area contributed by atoms with Crippen LogP contribution in [0.25, 0.3) is 0 Å². The van der Waals surface area contributed by atoms with Gasteiger partial charge in [0, 0.05) is 0 Å². The predicted octanol–water partition coefficient (Wildman–Crippen LogP) is 5.03. The van der Waals surface area contributed by atoms with Crippen LogP contribution in [0.5, 0.6) is 0 Å². The molecule has 0 aliphatic heterocycles. The molecule has 0 saturated heterocycles. The van der Waals surface area contributed by atoms with E-state index in [4.69, 9.17) is 8.37 Å². The third-order valence-electron chi connectivity index (χ3n) is 3.89. The zero-order chi connectivity index (χ0) is 15.2. The number of unbranched alkanes of at least 4 members (excludes halogenated alkanes) is 2. The van der Waals surface area contributed by atoms with Gasteiger partial charge in [0.2, 0.25) is 0 Å². The number of hydrogen-bond acceptors (Lipinski definition) is 3. The summed E-state index contributed by atoms with van der Waals surface area (Å²) in [5, 5.41) is 0. The second kappa shape index (κ2) is 14.0. The SMILES string of the molecule is CCCCC(CC)COS(=O)OCC(CC)CCCC. The molecule has 0 radical (unpaired) electrons. The molecule has 0 amide bonds. The lowest BCUT2D eigenvalue weighted by atomic mass is 10.0. The lowest BCUT2D eigenvalue weighted by Crippen LogP contribution is -2.15. The Kier molecular flexibility index (Phi) is 14.1. The molecule has 0 bridgehead atoms. The van der Waals surface area contributed by atoms with Crippen molar-refractivity contribution in [2.75, 3.05) is 13.2 Å². The quantitative estimate of drug-likeness (QED) is 0.451. The van der Waals surface area contributed by atoms with Crippen molar-refractivity contribution in [3.05, 3.63) is 0 Å². The Morgan fingerprint density at radius 1 is 0.800 bits per heavy atom. The van der Waals surface area contributed by atoms with Gasteiger partial charge >= 0.3 is 11.4 Å². The second-order valence-electron chi connectivity index (χ2n) is 5.61. The fourth-order valence-corrected chi connectivity index (χ4v) is 2.81. The second-order valence-corrected chi connectivity index (χ2v) is 6.49. The van der Waals surface area contributed by atoms with Gasteiger partial charge in [0.1, 0.15) is 0 Å². The minimum absolute atomic E-state index is 0.504. The molecule has 0 aliphatic carbocycles. The van der Waals surface area contributed by atoms with E-state index in [0.29, 0.717) is 25.0 Å². The van der Waals surface area contributed by atoms with Gasteiger partial charge in [0.15, 0.2) is 0 Å². The molecule has 2 unspecified atom stereocenters. The van der Waals surface area contributed by atoms with Crippen LogP contribution in [-0.2, 0) is 19.7 Å². The van der Waals surface area contributed by atoms with Crippen LogP contribution in [-0.4, -0.2) is 17.4 Å². The van der Waals surface area contributed by atoms with Gasteiger partial charge < -0.3 is 0 Å². The fourth-order valence-electron chi connectivity index (χ4n) is 2.13. The Labute approximate surface area is 128 Å². The van der Waals surface area contributed by atoms with Crippen molar-refractivity contribution in [3.63, 3.8) is 0 Å². The first kappa shape index (κ1) is 20.1. The van der Waals surface area contributed by atoms with E-state index in [1.807, 2.05) is 0 Å². The fraction of sp³-hybridized carbons (Fsp3) is 1.00. The van der Waals surface area contributed by atoms with Crippen LogP contribution in [0.2, 0.25) is 0 Å². The lowest BCUT2D eigenvalue weighted by Gasteiger charge is -2.16. The summed E-state index contributed by atoms with van der Waals surface area (Å²) in [6, 6.07) is 0. The zero-order valence-electron chi connectivity index (χ0n) is 13.9. The molecule has 4 heteroatoms. The molecule has 3 nitrogen and oxygen atoms in total. The molecule has 0 aromatic heterocycles. The topological polar surface area (TPSA) is 35.5 Å². The van der Waals surface area contributed by atoms with Crippen molar-refractivity contribution in [3.8, 4) is 0 Å². The summed E-state index contributed by atoms with van der Waals surface area (Å²) in [4.78, 5) is 0. The van der Waals surface area contributed by atoms with E-state index in [2.05, 4.69) is 27.7 Å². The molecule has 0 heterocycles. The maximum absolute atomic E-state index is 11.7. The van der Waals surface area contributed by atoms with Crippen molar-refractivity contribution in [1.82, 2.24) is 0 Å². The monoisotopic (exact) mass is 306 g/mol. The van der Waals surface area contributed by atoms with Gasteiger partial charge in [-0.2, -0.15) is 4.21 Å². The summed E-state index contributed by atoms with van der Waals surface area (Å²) in [5.41, 5.74) is 0. The average molecular weight is 307 g/mol. The predicted molar refractivity (Wildman–Crippen MR) is 86.7 cm³/mol. The normalized spacial score (nSPS) is 16.0. The van der Waals surface area contributed by atoms with Crippen LogP contribution >= 0.6 is 0 Å². The van der Waals surface area contributed by atoms with Gasteiger partial charge in [0.05, 0.1) is 13.2 Å². The molecule has 0 saturated carbocycles. The standard InChI is InChI=1S/C16H34O3S/c1-5-9-11-15(7-3)13-18-20(17)19-14-16(8-4)12-10-6-2/h15-16H,5-14H2,1-4H3. The number of rotatable bonds is 14. The summed E-state index contributed by atoms with van der Waals surface area (Å²) >= 11 is -1.58. The molecule has 0 aliphatic rings. The molecule has 0 spiro atoms. The summed E-state index contributed by atoms with van der Waals surface area (Å²) in [6.45, 7) is 9.80. The first-order chi connectivity index (χ1) is 9.67. The van der Waals surface area contributed by atoms with Gasteiger partial charge in [-0.15, -0.1) is 0 Å². The highest BCUT2D eigenvalue weighted by atomic mass is 32.2. The Bertz CT molecular complexity index is 212. The summed E-state index contributed by atoms with van der Waals surface area (Å²) in [7, 11) is 0. The van der Waals surface area contributed by atoms with Gasteiger partial charge in [-0.1, -0.05) is 66.2 Å². The largest absolute Gasteiger partial charge is 0.304 e. The van der Waals surface area contributed by atoms with Crippen molar-refractivity contribution >= 4 is 11.4 Å². The molecule has 0 fully saturated rings.